The lowest BCUT2D eigenvalue weighted by molar-refractivity contribution is 0.412. The second kappa shape index (κ2) is 6.43. The van der Waals surface area contributed by atoms with Gasteiger partial charge in [0.25, 0.3) is 0 Å². The number of methoxy groups -OCH3 is 1. The fourth-order valence-corrected chi connectivity index (χ4v) is 2.30. The summed E-state index contributed by atoms with van der Waals surface area (Å²) in [5.74, 6) is 0.826. The van der Waals surface area contributed by atoms with Crippen molar-refractivity contribution in [2.75, 3.05) is 19.0 Å². The Labute approximate surface area is 122 Å². The molecule has 0 aromatic heterocycles. The van der Waals surface area contributed by atoms with E-state index in [1.54, 1.807) is 7.11 Å². The number of anilines is 1. The lowest BCUT2D eigenvalue weighted by atomic mass is 10.1. The highest BCUT2D eigenvalue weighted by Gasteiger charge is 2.02. The molecule has 1 N–H and O–H groups in total. The van der Waals surface area contributed by atoms with Crippen LogP contribution in [0.25, 0.3) is 5.57 Å². The summed E-state index contributed by atoms with van der Waals surface area (Å²) in [4.78, 5) is 0. The van der Waals surface area contributed by atoms with Gasteiger partial charge < -0.3 is 10.1 Å². The first-order valence-electron chi connectivity index (χ1n) is 6.01. The smallest absolute Gasteiger partial charge is 0.133 e. The molecule has 0 saturated heterocycles. The molecule has 98 valence electrons. The van der Waals surface area contributed by atoms with E-state index in [1.165, 1.54) is 0 Å². The molecule has 3 heteroatoms. The van der Waals surface area contributed by atoms with Crippen molar-refractivity contribution in [3.05, 3.63) is 65.1 Å². The van der Waals surface area contributed by atoms with E-state index in [1.807, 2.05) is 36.4 Å². The predicted octanol–water partition coefficient (Wildman–Crippen LogP) is 4.58. The summed E-state index contributed by atoms with van der Waals surface area (Å²) >= 11 is 3.47. The van der Waals surface area contributed by atoms with Crippen molar-refractivity contribution in [2.45, 2.75) is 0 Å². The third kappa shape index (κ3) is 3.61. The van der Waals surface area contributed by atoms with Crippen LogP contribution in [0.3, 0.4) is 0 Å². The van der Waals surface area contributed by atoms with Crippen LogP contribution in [0.2, 0.25) is 0 Å². The number of ether oxygens (including phenoxy) is 1. The topological polar surface area (TPSA) is 21.3 Å². The lowest BCUT2D eigenvalue weighted by Gasteiger charge is -2.11. The standard InChI is InChI=1S/C16H16BrNO/c1-12(13-6-4-3-5-7-13)11-18-14-8-9-16(19-2)15(17)10-14/h3-10,18H,1,11H2,2H3. The van der Waals surface area contributed by atoms with Gasteiger partial charge in [-0.2, -0.15) is 0 Å². The van der Waals surface area contributed by atoms with E-state index in [0.717, 1.165) is 27.0 Å². The molecule has 0 radical (unpaired) electrons. The van der Waals surface area contributed by atoms with Crippen LogP contribution in [-0.2, 0) is 0 Å². The average Bonchev–Trinajstić information content (AvgIpc) is 2.46. The number of halogens is 1. The Morgan fingerprint density at radius 1 is 1.21 bits per heavy atom. The molecule has 2 aromatic carbocycles. The number of hydrogen-bond acceptors (Lipinski definition) is 2. The molecule has 0 spiro atoms. The summed E-state index contributed by atoms with van der Waals surface area (Å²) < 4.78 is 6.14. The summed E-state index contributed by atoms with van der Waals surface area (Å²) in [5.41, 5.74) is 3.25. The van der Waals surface area contributed by atoms with Crippen molar-refractivity contribution in [1.29, 1.82) is 0 Å². The van der Waals surface area contributed by atoms with Crippen LogP contribution in [0.4, 0.5) is 5.69 Å². The first-order valence-corrected chi connectivity index (χ1v) is 6.80. The molecule has 19 heavy (non-hydrogen) atoms. The molecule has 0 saturated carbocycles. The van der Waals surface area contributed by atoms with Crippen molar-refractivity contribution in [1.82, 2.24) is 0 Å². The van der Waals surface area contributed by atoms with E-state index in [4.69, 9.17) is 4.74 Å². The highest BCUT2D eigenvalue weighted by atomic mass is 79.9. The van der Waals surface area contributed by atoms with Crippen LogP contribution in [0.15, 0.2) is 59.6 Å². The van der Waals surface area contributed by atoms with Crippen molar-refractivity contribution in [3.63, 3.8) is 0 Å². The van der Waals surface area contributed by atoms with Gasteiger partial charge in [0, 0.05) is 12.2 Å². The van der Waals surface area contributed by atoms with Crippen LogP contribution >= 0.6 is 15.9 Å². The summed E-state index contributed by atoms with van der Waals surface area (Å²) in [7, 11) is 1.66. The van der Waals surface area contributed by atoms with Gasteiger partial charge in [-0.1, -0.05) is 36.9 Å². The Bertz CT molecular complexity index is 566. The molecule has 0 unspecified atom stereocenters. The van der Waals surface area contributed by atoms with E-state index in [2.05, 4.69) is 40.0 Å². The third-order valence-electron chi connectivity index (χ3n) is 2.84. The van der Waals surface area contributed by atoms with Gasteiger partial charge in [-0.3, -0.25) is 0 Å². The fraction of sp³-hybridized carbons (Fsp3) is 0.125. The van der Waals surface area contributed by atoms with Gasteiger partial charge in [0.05, 0.1) is 11.6 Å². The second-order valence-electron chi connectivity index (χ2n) is 4.17. The monoisotopic (exact) mass is 317 g/mol. The molecular weight excluding hydrogens is 302 g/mol. The molecule has 2 rings (SSSR count). The minimum atomic E-state index is 0.711. The Balaban J connectivity index is 1.99. The zero-order valence-electron chi connectivity index (χ0n) is 10.8. The summed E-state index contributed by atoms with van der Waals surface area (Å²) in [6.45, 7) is 4.81. The molecule has 0 aliphatic rings. The number of nitrogens with one attached hydrogen (secondary N) is 1. The first-order chi connectivity index (χ1) is 9.20. The Morgan fingerprint density at radius 3 is 2.58 bits per heavy atom. The highest BCUT2D eigenvalue weighted by Crippen LogP contribution is 2.28. The van der Waals surface area contributed by atoms with Crippen LogP contribution in [-0.4, -0.2) is 13.7 Å². The maximum Gasteiger partial charge on any atom is 0.133 e. The minimum absolute atomic E-state index is 0.711. The van der Waals surface area contributed by atoms with Crippen molar-refractivity contribution >= 4 is 27.2 Å². The first kappa shape index (κ1) is 13.7. The van der Waals surface area contributed by atoms with Gasteiger partial charge in [0.2, 0.25) is 0 Å². The van der Waals surface area contributed by atoms with Crippen molar-refractivity contribution < 1.29 is 4.74 Å². The number of hydrogen-bond donors (Lipinski definition) is 1. The van der Waals surface area contributed by atoms with Crippen LogP contribution in [0.5, 0.6) is 5.75 Å². The van der Waals surface area contributed by atoms with E-state index in [0.29, 0.717) is 6.54 Å². The number of rotatable bonds is 5. The van der Waals surface area contributed by atoms with Gasteiger partial charge in [-0.25, -0.2) is 0 Å². The van der Waals surface area contributed by atoms with E-state index < -0.39 is 0 Å². The molecule has 0 aliphatic heterocycles. The molecule has 0 aliphatic carbocycles. The Hall–Kier alpha value is -1.74. The maximum atomic E-state index is 5.20. The Kier molecular flexibility index (Phi) is 4.63. The normalized spacial score (nSPS) is 10.0. The van der Waals surface area contributed by atoms with Gasteiger partial charge in [0.1, 0.15) is 5.75 Å². The molecule has 0 atom stereocenters. The molecule has 2 nitrogen and oxygen atoms in total. The lowest BCUT2D eigenvalue weighted by Crippen LogP contribution is -2.03. The molecule has 0 fully saturated rings. The highest BCUT2D eigenvalue weighted by molar-refractivity contribution is 9.10. The van der Waals surface area contributed by atoms with Gasteiger partial charge in [-0.15, -0.1) is 0 Å². The molecule has 0 amide bonds. The third-order valence-corrected chi connectivity index (χ3v) is 3.46. The van der Waals surface area contributed by atoms with Gasteiger partial charge in [0.15, 0.2) is 0 Å². The van der Waals surface area contributed by atoms with Crippen molar-refractivity contribution in [2.24, 2.45) is 0 Å². The average molecular weight is 318 g/mol. The van der Waals surface area contributed by atoms with Crippen LogP contribution in [0, 0.1) is 0 Å². The molecule has 2 aromatic rings. The molecule has 0 bridgehead atoms. The zero-order chi connectivity index (χ0) is 13.7. The molecule has 0 heterocycles. The zero-order valence-corrected chi connectivity index (χ0v) is 12.4. The number of benzene rings is 2. The van der Waals surface area contributed by atoms with Gasteiger partial charge in [-0.05, 0) is 45.3 Å². The van der Waals surface area contributed by atoms with Crippen LogP contribution < -0.4 is 10.1 Å². The Morgan fingerprint density at radius 2 is 1.95 bits per heavy atom. The summed E-state index contributed by atoms with van der Waals surface area (Å²) in [6.07, 6.45) is 0. The van der Waals surface area contributed by atoms with E-state index >= 15 is 0 Å². The van der Waals surface area contributed by atoms with Gasteiger partial charge >= 0.3 is 0 Å². The summed E-state index contributed by atoms with van der Waals surface area (Å²) in [6, 6.07) is 16.1. The van der Waals surface area contributed by atoms with Crippen molar-refractivity contribution in [3.8, 4) is 5.75 Å². The van der Waals surface area contributed by atoms with E-state index in [9.17, 15) is 0 Å². The summed E-state index contributed by atoms with van der Waals surface area (Å²) in [5, 5.41) is 3.35. The minimum Gasteiger partial charge on any atom is -0.496 e. The van der Waals surface area contributed by atoms with E-state index in [-0.39, 0.29) is 0 Å². The maximum absolute atomic E-state index is 5.20. The second-order valence-corrected chi connectivity index (χ2v) is 5.03. The SMILES string of the molecule is C=C(CNc1ccc(OC)c(Br)c1)c1ccccc1. The largest absolute Gasteiger partial charge is 0.496 e. The molecular formula is C16H16BrNO. The predicted molar refractivity (Wildman–Crippen MR) is 84.7 cm³/mol. The quantitative estimate of drug-likeness (QED) is 0.871. The van der Waals surface area contributed by atoms with Crippen LogP contribution in [0.1, 0.15) is 5.56 Å². The fourth-order valence-electron chi connectivity index (χ4n) is 1.76.